The molecule has 0 unspecified atom stereocenters. The Balaban J connectivity index is 1.57. The number of aromatic nitrogens is 4. The first-order valence-corrected chi connectivity index (χ1v) is 8.98. The Labute approximate surface area is 146 Å². The van der Waals surface area contributed by atoms with Gasteiger partial charge in [0.2, 0.25) is 0 Å². The number of hydrogen-bond acceptors (Lipinski definition) is 5. The molecule has 2 aliphatic rings. The van der Waals surface area contributed by atoms with Crippen LogP contribution >= 0.6 is 0 Å². The lowest BCUT2D eigenvalue weighted by molar-refractivity contribution is 0.239. The van der Waals surface area contributed by atoms with Crippen LogP contribution < -0.4 is 4.90 Å². The average Bonchev–Trinajstić information content (AvgIpc) is 3.26. The SMILES string of the molecule is CN1CC[C@H]2CN(c3ccnc4[nH]cc(-c5cncnc5)c34)CC[C@H]21. The number of hydrogen-bond donors (Lipinski definition) is 1. The van der Waals surface area contributed by atoms with Crippen molar-refractivity contribution in [3.05, 3.63) is 37.2 Å². The number of nitrogens with one attached hydrogen (secondary N) is 1. The summed E-state index contributed by atoms with van der Waals surface area (Å²) in [6.45, 7) is 3.45. The molecular weight excluding hydrogens is 312 g/mol. The summed E-state index contributed by atoms with van der Waals surface area (Å²) >= 11 is 0. The number of H-pyrrole nitrogens is 1. The fourth-order valence-electron chi connectivity index (χ4n) is 4.61. The molecule has 25 heavy (non-hydrogen) atoms. The van der Waals surface area contributed by atoms with Gasteiger partial charge in [0, 0.05) is 66.1 Å². The highest BCUT2D eigenvalue weighted by Gasteiger charge is 2.36. The smallest absolute Gasteiger partial charge is 0.139 e. The summed E-state index contributed by atoms with van der Waals surface area (Å²) in [4.78, 5) is 21.3. The van der Waals surface area contributed by atoms with Gasteiger partial charge in [-0.2, -0.15) is 0 Å². The molecule has 2 saturated heterocycles. The Kier molecular flexibility index (Phi) is 3.45. The lowest BCUT2D eigenvalue weighted by Gasteiger charge is -2.38. The second-order valence-corrected chi connectivity index (χ2v) is 7.21. The Morgan fingerprint density at radius 3 is 2.92 bits per heavy atom. The molecule has 0 bridgehead atoms. The number of likely N-dealkylation sites (tertiary alicyclic amines) is 1. The molecular formula is C19H22N6. The van der Waals surface area contributed by atoms with Crippen molar-refractivity contribution in [2.45, 2.75) is 18.9 Å². The van der Waals surface area contributed by atoms with E-state index in [-0.39, 0.29) is 0 Å². The molecule has 5 heterocycles. The zero-order valence-electron chi connectivity index (χ0n) is 14.4. The van der Waals surface area contributed by atoms with Crippen molar-refractivity contribution < 1.29 is 0 Å². The van der Waals surface area contributed by atoms with Gasteiger partial charge in [0.05, 0.1) is 0 Å². The molecule has 2 fully saturated rings. The van der Waals surface area contributed by atoms with E-state index in [1.807, 2.05) is 24.8 Å². The van der Waals surface area contributed by atoms with E-state index in [2.05, 4.69) is 42.8 Å². The molecule has 5 rings (SSSR count). The molecule has 2 aliphatic heterocycles. The average molecular weight is 334 g/mol. The van der Waals surface area contributed by atoms with Gasteiger partial charge >= 0.3 is 0 Å². The van der Waals surface area contributed by atoms with Crippen LogP contribution in [0.2, 0.25) is 0 Å². The summed E-state index contributed by atoms with van der Waals surface area (Å²) in [5.41, 5.74) is 4.36. The molecule has 3 aromatic rings. The van der Waals surface area contributed by atoms with Crippen LogP contribution in [0.3, 0.4) is 0 Å². The van der Waals surface area contributed by atoms with Crippen LogP contribution in [0, 0.1) is 5.92 Å². The van der Waals surface area contributed by atoms with E-state index in [1.165, 1.54) is 30.5 Å². The highest BCUT2D eigenvalue weighted by atomic mass is 15.2. The van der Waals surface area contributed by atoms with Crippen LogP contribution in [-0.4, -0.2) is 57.6 Å². The van der Waals surface area contributed by atoms with E-state index in [0.29, 0.717) is 0 Å². The summed E-state index contributed by atoms with van der Waals surface area (Å²) < 4.78 is 0. The van der Waals surface area contributed by atoms with Gasteiger partial charge < -0.3 is 14.8 Å². The number of piperidine rings is 1. The Bertz CT molecular complexity index is 889. The Morgan fingerprint density at radius 1 is 1.16 bits per heavy atom. The van der Waals surface area contributed by atoms with Crippen molar-refractivity contribution in [1.29, 1.82) is 0 Å². The molecule has 0 aliphatic carbocycles. The van der Waals surface area contributed by atoms with Gasteiger partial charge in [-0.15, -0.1) is 0 Å². The summed E-state index contributed by atoms with van der Waals surface area (Å²) in [6, 6.07) is 2.91. The van der Waals surface area contributed by atoms with Crippen LogP contribution in [0.1, 0.15) is 12.8 Å². The van der Waals surface area contributed by atoms with E-state index in [1.54, 1.807) is 6.33 Å². The van der Waals surface area contributed by atoms with E-state index in [9.17, 15) is 0 Å². The molecule has 0 spiro atoms. The molecule has 0 aromatic carbocycles. The predicted molar refractivity (Wildman–Crippen MR) is 98.5 cm³/mol. The number of pyridine rings is 1. The lowest BCUT2D eigenvalue weighted by Crippen LogP contribution is -2.45. The number of rotatable bonds is 2. The third kappa shape index (κ3) is 2.40. The van der Waals surface area contributed by atoms with Gasteiger partial charge in [-0.05, 0) is 38.4 Å². The third-order valence-electron chi connectivity index (χ3n) is 5.88. The van der Waals surface area contributed by atoms with Crippen molar-refractivity contribution in [2.75, 3.05) is 31.6 Å². The van der Waals surface area contributed by atoms with E-state index < -0.39 is 0 Å². The van der Waals surface area contributed by atoms with Gasteiger partial charge in [-0.25, -0.2) is 15.0 Å². The predicted octanol–water partition coefficient (Wildman–Crippen LogP) is 2.55. The van der Waals surface area contributed by atoms with Crippen LogP contribution in [0.4, 0.5) is 5.69 Å². The first kappa shape index (κ1) is 14.8. The molecule has 6 heteroatoms. The number of aromatic amines is 1. The monoisotopic (exact) mass is 334 g/mol. The van der Waals surface area contributed by atoms with Crippen molar-refractivity contribution in [2.24, 2.45) is 5.92 Å². The minimum absolute atomic E-state index is 0.752. The normalized spacial score (nSPS) is 24.0. The van der Waals surface area contributed by atoms with E-state index >= 15 is 0 Å². The van der Waals surface area contributed by atoms with Gasteiger partial charge in [0.15, 0.2) is 0 Å². The quantitative estimate of drug-likeness (QED) is 0.780. The standard InChI is InChI=1S/C19H22N6/c1-24-6-3-13-11-25(7-4-16(13)24)17-2-5-22-19-18(17)15(10-23-19)14-8-20-12-21-9-14/h2,5,8-10,12-13,16H,3-4,6-7,11H2,1H3,(H,22,23)/t13-,16+/m0/s1. The molecule has 0 saturated carbocycles. The van der Waals surface area contributed by atoms with E-state index in [4.69, 9.17) is 0 Å². The fraction of sp³-hybridized carbons (Fsp3) is 0.421. The zero-order valence-corrected chi connectivity index (χ0v) is 14.4. The summed E-state index contributed by atoms with van der Waals surface area (Å²) in [6.07, 6.45) is 11.8. The molecule has 3 aromatic heterocycles. The minimum atomic E-state index is 0.752. The van der Waals surface area contributed by atoms with Gasteiger partial charge in [-0.1, -0.05) is 0 Å². The molecule has 1 N–H and O–H groups in total. The third-order valence-corrected chi connectivity index (χ3v) is 5.88. The topological polar surface area (TPSA) is 60.9 Å². The molecule has 128 valence electrons. The van der Waals surface area contributed by atoms with Gasteiger partial charge in [0.1, 0.15) is 12.0 Å². The first-order chi connectivity index (χ1) is 12.3. The molecule has 0 radical (unpaired) electrons. The molecule has 0 amide bonds. The van der Waals surface area contributed by atoms with Crippen LogP contribution in [0.5, 0.6) is 0 Å². The number of fused-ring (bicyclic) bond motifs is 2. The second-order valence-electron chi connectivity index (χ2n) is 7.21. The van der Waals surface area contributed by atoms with Crippen molar-refractivity contribution in [1.82, 2.24) is 24.8 Å². The Morgan fingerprint density at radius 2 is 2.04 bits per heavy atom. The Hall–Kier alpha value is -2.47. The lowest BCUT2D eigenvalue weighted by atomic mass is 9.92. The minimum Gasteiger partial charge on any atom is -0.370 e. The summed E-state index contributed by atoms with van der Waals surface area (Å²) in [5, 5.41) is 1.18. The maximum Gasteiger partial charge on any atom is 0.139 e. The largest absolute Gasteiger partial charge is 0.370 e. The van der Waals surface area contributed by atoms with Crippen LogP contribution in [0.15, 0.2) is 37.2 Å². The molecule has 2 atom stereocenters. The highest BCUT2D eigenvalue weighted by molar-refractivity contribution is 6.02. The summed E-state index contributed by atoms with van der Waals surface area (Å²) in [7, 11) is 2.27. The summed E-state index contributed by atoms with van der Waals surface area (Å²) in [5.74, 6) is 0.768. The second kappa shape index (κ2) is 5.81. The highest BCUT2D eigenvalue weighted by Crippen LogP contribution is 2.38. The first-order valence-electron chi connectivity index (χ1n) is 8.98. The van der Waals surface area contributed by atoms with Crippen molar-refractivity contribution >= 4 is 16.7 Å². The number of anilines is 1. The maximum atomic E-state index is 4.53. The van der Waals surface area contributed by atoms with Crippen LogP contribution in [0.25, 0.3) is 22.2 Å². The van der Waals surface area contributed by atoms with Crippen LogP contribution in [-0.2, 0) is 0 Å². The van der Waals surface area contributed by atoms with Crippen molar-refractivity contribution in [3.63, 3.8) is 0 Å². The zero-order chi connectivity index (χ0) is 16.8. The fourth-order valence-corrected chi connectivity index (χ4v) is 4.61. The van der Waals surface area contributed by atoms with Gasteiger partial charge in [0.25, 0.3) is 0 Å². The van der Waals surface area contributed by atoms with Gasteiger partial charge in [-0.3, -0.25) is 0 Å². The number of nitrogens with zero attached hydrogens (tertiary/aromatic N) is 5. The van der Waals surface area contributed by atoms with E-state index in [0.717, 1.165) is 41.8 Å². The maximum absolute atomic E-state index is 4.53. The van der Waals surface area contributed by atoms with Crippen molar-refractivity contribution in [3.8, 4) is 11.1 Å². The molecule has 6 nitrogen and oxygen atoms in total.